The fourth-order valence-electron chi connectivity index (χ4n) is 2.59. The van der Waals surface area contributed by atoms with Gasteiger partial charge < -0.3 is 20.5 Å². The molecule has 1 amide bonds. The van der Waals surface area contributed by atoms with E-state index in [-0.39, 0.29) is 12.0 Å². The third-order valence-electron chi connectivity index (χ3n) is 3.72. The third kappa shape index (κ3) is 2.54. The van der Waals surface area contributed by atoms with Gasteiger partial charge in [-0.25, -0.2) is 4.39 Å². The van der Waals surface area contributed by atoms with Crippen molar-refractivity contribution in [2.75, 3.05) is 25.1 Å². The van der Waals surface area contributed by atoms with Gasteiger partial charge in [-0.1, -0.05) is 0 Å². The summed E-state index contributed by atoms with van der Waals surface area (Å²) in [5.41, 5.74) is 7.96. The maximum atomic E-state index is 14.2. The molecule has 1 aromatic rings. The van der Waals surface area contributed by atoms with Crippen LogP contribution in [0.15, 0.2) is 12.1 Å². The molecule has 2 aliphatic heterocycles. The van der Waals surface area contributed by atoms with E-state index >= 15 is 0 Å². The van der Waals surface area contributed by atoms with Crippen LogP contribution in [0.3, 0.4) is 0 Å². The number of nitrogens with one attached hydrogen (secondary N) is 1. The second-order valence-electron chi connectivity index (χ2n) is 5.09. The first kappa shape index (κ1) is 13.5. The molecule has 2 atom stereocenters. The highest BCUT2D eigenvalue weighted by Crippen LogP contribution is 2.30. The molecule has 0 saturated carbocycles. The molecule has 0 aromatic heterocycles. The number of rotatable bonds is 2. The Morgan fingerprint density at radius 1 is 1.35 bits per heavy atom. The normalized spacial score (nSPS) is 23.9. The Bertz CT molecular complexity index is 529. The molecule has 1 aromatic carbocycles. The number of hydrogen-bond donors (Lipinski definition) is 2. The highest BCUT2D eigenvalue weighted by molar-refractivity contribution is 5.93. The van der Waals surface area contributed by atoms with Crippen molar-refractivity contribution in [3.05, 3.63) is 29.1 Å². The van der Waals surface area contributed by atoms with Crippen molar-refractivity contribution in [1.82, 2.24) is 0 Å². The number of nitrogens with two attached hydrogens (primary N) is 1. The van der Waals surface area contributed by atoms with E-state index in [1.807, 2.05) is 0 Å². The minimum Gasteiger partial charge on any atom is -0.376 e. The van der Waals surface area contributed by atoms with E-state index < -0.39 is 11.9 Å². The SMILES string of the molecule is NC(c1cc2c(cc1F)NC(=O)CC2)C1COCCO1. The molecule has 3 N–H and O–H groups in total. The van der Waals surface area contributed by atoms with Gasteiger partial charge in [-0.2, -0.15) is 0 Å². The average Bonchev–Trinajstić information content (AvgIpc) is 2.46. The lowest BCUT2D eigenvalue weighted by molar-refractivity contribution is -0.116. The molecule has 20 heavy (non-hydrogen) atoms. The molecule has 108 valence electrons. The Morgan fingerprint density at radius 3 is 2.95 bits per heavy atom. The molecular weight excluding hydrogens is 263 g/mol. The van der Waals surface area contributed by atoms with Gasteiger partial charge in [0, 0.05) is 17.7 Å². The van der Waals surface area contributed by atoms with Crippen molar-refractivity contribution in [3.63, 3.8) is 0 Å². The zero-order chi connectivity index (χ0) is 14.1. The largest absolute Gasteiger partial charge is 0.376 e. The van der Waals surface area contributed by atoms with Crippen LogP contribution in [-0.4, -0.2) is 31.8 Å². The molecule has 0 aliphatic carbocycles. The Morgan fingerprint density at radius 2 is 2.20 bits per heavy atom. The number of carbonyl (C=O) groups is 1. The quantitative estimate of drug-likeness (QED) is 0.851. The number of anilines is 1. The van der Waals surface area contributed by atoms with Crippen LogP contribution in [0.2, 0.25) is 0 Å². The van der Waals surface area contributed by atoms with E-state index in [4.69, 9.17) is 15.2 Å². The summed E-state index contributed by atoms with van der Waals surface area (Å²) in [6, 6.07) is 2.50. The molecule has 5 nitrogen and oxygen atoms in total. The Balaban J connectivity index is 1.87. The maximum Gasteiger partial charge on any atom is 0.224 e. The van der Waals surface area contributed by atoms with Gasteiger partial charge in [0.15, 0.2) is 0 Å². The molecule has 2 unspecified atom stereocenters. The zero-order valence-electron chi connectivity index (χ0n) is 11.0. The Labute approximate surface area is 116 Å². The molecule has 1 fully saturated rings. The van der Waals surface area contributed by atoms with Crippen molar-refractivity contribution in [2.24, 2.45) is 5.73 Å². The summed E-state index contributed by atoms with van der Waals surface area (Å²) >= 11 is 0. The predicted molar refractivity (Wildman–Crippen MR) is 70.8 cm³/mol. The molecule has 0 spiro atoms. The molecule has 0 radical (unpaired) electrons. The number of aryl methyl sites for hydroxylation is 1. The summed E-state index contributed by atoms with van der Waals surface area (Å²) in [5, 5.41) is 2.67. The van der Waals surface area contributed by atoms with Crippen LogP contribution in [-0.2, 0) is 20.7 Å². The molecular formula is C14H17FN2O3. The lowest BCUT2D eigenvalue weighted by Gasteiger charge is -2.29. The number of amides is 1. The summed E-state index contributed by atoms with van der Waals surface area (Å²) in [7, 11) is 0. The van der Waals surface area contributed by atoms with Gasteiger partial charge in [0.1, 0.15) is 11.9 Å². The predicted octanol–water partition coefficient (Wildman–Crippen LogP) is 1.13. The Kier molecular flexibility index (Phi) is 3.69. The fraction of sp³-hybridized carbons (Fsp3) is 0.500. The second kappa shape index (κ2) is 5.47. The number of benzene rings is 1. The lowest BCUT2D eigenvalue weighted by atomic mass is 9.94. The van der Waals surface area contributed by atoms with Gasteiger partial charge in [0.05, 0.1) is 25.9 Å². The Hall–Kier alpha value is -1.50. The van der Waals surface area contributed by atoms with Crippen LogP contribution in [0, 0.1) is 5.82 Å². The van der Waals surface area contributed by atoms with Crippen molar-refractivity contribution in [2.45, 2.75) is 25.0 Å². The van der Waals surface area contributed by atoms with Gasteiger partial charge >= 0.3 is 0 Å². The van der Waals surface area contributed by atoms with E-state index in [0.29, 0.717) is 43.9 Å². The van der Waals surface area contributed by atoms with Crippen LogP contribution in [0.5, 0.6) is 0 Å². The molecule has 2 aliphatic rings. The van der Waals surface area contributed by atoms with Crippen molar-refractivity contribution < 1.29 is 18.7 Å². The standard InChI is InChI=1S/C14H17FN2O3/c15-10-6-11-8(1-2-13(18)17-11)5-9(10)14(16)12-7-19-3-4-20-12/h5-6,12,14H,1-4,7,16H2,(H,17,18). The first-order valence-electron chi connectivity index (χ1n) is 6.72. The monoisotopic (exact) mass is 280 g/mol. The topological polar surface area (TPSA) is 73.6 Å². The summed E-state index contributed by atoms with van der Waals surface area (Å²) in [5.74, 6) is -0.509. The van der Waals surface area contributed by atoms with Crippen LogP contribution < -0.4 is 11.1 Å². The first-order valence-corrected chi connectivity index (χ1v) is 6.72. The van der Waals surface area contributed by atoms with Gasteiger partial charge in [-0.15, -0.1) is 0 Å². The minimum absolute atomic E-state index is 0.0852. The fourth-order valence-corrected chi connectivity index (χ4v) is 2.59. The second-order valence-corrected chi connectivity index (χ2v) is 5.09. The van der Waals surface area contributed by atoms with Crippen molar-refractivity contribution >= 4 is 11.6 Å². The number of ether oxygens (including phenoxy) is 2. The molecule has 3 rings (SSSR count). The highest BCUT2D eigenvalue weighted by atomic mass is 19.1. The molecule has 2 heterocycles. The summed E-state index contributed by atoms with van der Waals surface area (Å²) in [4.78, 5) is 11.3. The summed E-state index contributed by atoms with van der Waals surface area (Å²) < 4.78 is 25.0. The van der Waals surface area contributed by atoms with Crippen molar-refractivity contribution in [3.8, 4) is 0 Å². The smallest absolute Gasteiger partial charge is 0.224 e. The molecule has 0 bridgehead atoms. The minimum atomic E-state index is -0.571. The van der Waals surface area contributed by atoms with Crippen LogP contribution in [0.25, 0.3) is 0 Å². The summed E-state index contributed by atoms with van der Waals surface area (Å²) in [6.07, 6.45) is 0.675. The van der Waals surface area contributed by atoms with E-state index in [2.05, 4.69) is 5.32 Å². The average molecular weight is 280 g/mol. The van der Waals surface area contributed by atoms with Crippen LogP contribution in [0.4, 0.5) is 10.1 Å². The number of hydrogen-bond acceptors (Lipinski definition) is 4. The van der Waals surface area contributed by atoms with E-state index in [9.17, 15) is 9.18 Å². The molecule has 1 saturated heterocycles. The van der Waals surface area contributed by atoms with Crippen LogP contribution in [0.1, 0.15) is 23.6 Å². The third-order valence-corrected chi connectivity index (χ3v) is 3.72. The van der Waals surface area contributed by atoms with Gasteiger partial charge in [0.25, 0.3) is 0 Å². The van der Waals surface area contributed by atoms with Gasteiger partial charge in [-0.3, -0.25) is 4.79 Å². The number of halogens is 1. The van der Waals surface area contributed by atoms with Crippen molar-refractivity contribution in [1.29, 1.82) is 0 Å². The zero-order valence-corrected chi connectivity index (χ0v) is 11.0. The number of carbonyl (C=O) groups excluding carboxylic acids is 1. The highest BCUT2D eigenvalue weighted by Gasteiger charge is 2.27. The summed E-state index contributed by atoms with van der Waals surface area (Å²) in [6.45, 7) is 1.39. The van der Waals surface area contributed by atoms with Crippen LogP contribution >= 0.6 is 0 Å². The van der Waals surface area contributed by atoms with E-state index in [0.717, 1.165) is 5.56 Å². The first-order chi connectivity index (χ1) is 9.65. The van der Waals surface area contributed by atoms with E-state index in [1.165, 1.54) is 6.07 Å². The van der Waals surface area contributed by atoms with E-state index in [1.54, 1.807) is 6.07 Å². The molecule has 6 heteroatoms. The van der Waals surface area contributed by atoms with Gasteiger partial charge in [-0.05, 0) is 24.1 Å². The maximum absolute atomic E-state index is 14.2. The lowest BCUT2D eigenvalue weighted by Crippen LogP contribution is -2.38. The van der Waals surface area contributed by atoms with Gasteiger partial charge in [0.2, 0.25) is 5.91 Å². The number of fused-ring (bicyclic) bond motifs is 1.